The van der Waals surface area contributed by atoms with Crippen molar-refractivity contribution in [2.24, 2.45) is 0 Å². The van der Waals surface area contributed by atoms with Crippen molar-refractivity contribution in [3.8, 4) is 11.5 Å². The molecule has 1 N–H and O–H groups in total. The molecule has 1 fully saturated rings. The van der Waals surface area contributed by atoms with Gasteiger partial charge in [-0.05, 0) is 18.7 Å². The molecule has 24 heavy (non-hydrogen) atoms. The number of methoxy groups -OCH3 is 2. The highest BCUT2D eigenvalue weighted by Gasteiger charge is 2.16. The summed E-state index contributed by atoms with van der Waals surface area (Å²) in [5.74, 6) is 1.31. The lowest BCUT2D eigenvalue weighted by Crippen LogP contribution is -2.46. The van der Waals surface area contributed by atoms with Gasteiger partial charge in [0.1, 0.15) is 11.5 Å². The molecule has 1 amide bonds. The van der Waals surface area contributed by atoms with Crippen LogP contribution in [-0.2, 0) is 4.79 Å². The van der Waals surface area contributed by atoms with Crippen LogP contribution in [-0.4, -0.2) is 69.2 Å². The van der Waals surface area contributed by atoms with E-state index in [1.54, 1.807) is 26.4 Å². The van der Waals surface area contributed by atoms with E-state index in [1.165, 1.54) is 0 Å². The molecule has 136 valence electrons. The van der Waals surface area contributed by atoms with Gasteiger partial charge in [-0.25, -0.2) is 0 Å². The van der Waals surface area contributed by atoms with Crippen molar-refractivity contribution in [3.63, 3.8) is 0 Å². The minimum absolute atomic E-state index is 0. The second-order valence-electron chi connectivity index (χ2n) is 5.64. The number of hydrogen-bond acceptors (Lipinski definition) is 5. The molecule has 1 saturated heterocycles. The standard InChI is InChI=1S/C17H27N3O3.ClH/c1-4-19-9-11-20(12-10-19)8-7-17(21)18-15-6-5-14(22-2)13-16(15)23-3;/h5-6,13H,4,7-12H2,1-3H3,(H,18,21);1H. The minimum Gasteiger partial charge on any atom is -0.497 e. The molecule has 7 heteroatoms. The van der Waals surface area contributed by atoms with Crippen LogP contribution in [0.1, 0.15) is 13.3 Å². The monoisotopic (exact) mass is 357 g/mol. The molecule has 0 spiro atoms. The van der Waals surface area contributed by atoms with E-state index in [0.29, 0.717) is 23.6 Å². The summed E-state index contributed by atoms with van der Waals surface area (Å²) in [5, 5.41) is 2.92. The van der Waals surface area contributed by atoms with Crippen LogP contribution in [0, 0.1) is 0 Å². The van der Waals surface area contributed by atoms with Gasteiger partial charge in [0.25, 0.3) is 0 Å². The number of likely N-dealkylation sites (N-methyl/N-ethyl adjacent to an activating group) is 1. The zero-order chi connectivity index (χ0) is 16.7. The lowest BCUT2D eigenvalue weighted by Gasteiger charge is -2.33. The van der Waals surface area contributed by atoms with E-state index in [4.69, 9.17) is 9.47 Å². The summed E-state index contributed by atoms with van der Waals surface area (Å²) in [6.45, 7) is 8.33. The normalized spacial score (nSPS) is 15.5. The topological polar surface area (TPSA) is 54.0 Å². The van der Waals surface area contributed by atoms with Crippen LogP contribution < -0.4 is 14.8 Å². The molecule has 1 aromatic rings. The quantitative estimate of drug-likeness (QED) is 0.809. The van der Waals surface area contributed by atoms with Crippen LogP contribution in [0.4, 0.5) is 5.69 Å². The average Bonchev–Trinajstić information content (AvgIpc) is 2.60. The number of nitrogens with one attached hydrogen (secondary N) is 1. The number of anilines is 1. The first-order chi connectivity index (χ1) is 11.2. The molecule has 1 aliphatic rings. The van der Waals surface area contributed by atoms with Gasteiger partial charge in [0, 0.05) is 45.2 Å². The van der Waals surface area contributed by atoms with E-state index in [2.05, 4.69) is 22.0 Å². The third kappa shape index (κ3) is 5.85. The molecule has 0 atom stereocenters. The van der Waals surface area contributed by atoms with Crippen LogP contribution in [0.5, 0.6) is 11.5 Å². The molecule has 0 aliphatic carbocycles. The Kier molecular flexibility index (Phi) is 8.89. The van der Waals surface area contributed by atoms with Gasteiger partial charge in [0.2, 0.25) is 5.91 Å². The van der Waals surface area contributed by atoms with E-state index in [1.807, 2.05) is 6.07 Å². The summed E-state index contributed by atoms with van der Waals surface area (Å²) in [5.41, 5.74) is 0.675. The first-order valence-corrected chi connectivity index (χ1v) is 8.12. The van der Waals surface area contributed by atoms with E-state index in [-0.39, 0.29) is 18.3 Å². The van der Waals surface area contributed by atoms with Crippen molar-refractivity contribution in [2.45, 2.75) is 13.3 Å². The van der Waals surface area contributed by atoms with Gasteiger partial charge in [0.15, 0.2) is 0 Å². The van der Waals surface area contributed by atoms with Crippen molar-refractivity contribution >= 4 is 24.0 Å². The lowest BCUT2D eigenvalue weighted by atomic mass is 10.2. The molecular weight excluding hydrogens is 330 g/mol. The molecule has 0 saturated carbocycles. The van der Waals surface area contributed by atoms with Gasteiger partial charge in [0.05, 0.1) is 19.9 Å². The second kappa shape index (κ2) is 10.4. The number of carbonyl (C=O) groups is 1. The van der Waals surface area contributed by atoms with Gasteiger partial charge in [-0.1, -0.05) is 6.92 Å². The highest BCUT2D eigenvalue weighted by Crippen LogP contribution is 2.29. The summed E-state index contributed by atoms with van der Waals surface area (Å²) >= 11 is 0. The maximum Gasteiger partial charge on any atom is 0.225 e. The fourth-order valence-corrected chi connectivity index (χ4v) is 2.70. The molecule has 1 heterocycles. The van der Waals surface area contributed by atoms with Crippen LogP contribution in [0.3, 0.4) is 0 Å². The van der Waals surface area contributed by atoms with Crippen molar-refractivity contribution < 1.29 is 14.3 Å². The smallest absolute Gasteiger partial charge is 0.225 e. The van der Waals surface area contributed by atoms with Crippen LogP contribution in [0.15, 0.2) is 18.2 Å². The summed E-state index contributed by atoms with van der Waals surface area (Å²) in [7, 11) is 3.18. The number of nitrogens with zero attached hydrogens (tertiary/aromatic N) is 2. The van der Waals surface area contributed by atoms with Crippen molar-refractivity contribution in [1.29, 1.82) is 0 Å². The molecule has 0 aromatic heterocycles. The number of ether oxygens (including phenoxy) is 2. The zero-order valence-electron chi connectivity index (χ0n) is 14.7. The van der Waals surface area contributed by atoms with Gasteiger partial charge < -0.3 is 24.6 Å². The number of carbonyl (C=O) groups excluding carboxylic acids is 1. The number of rotatable bonds is 7. The Morgan fingerprint density at radius 1 is 1.12 bits per heavy atom. The maximum absolute atomic E-state index is 12.2. The molecule has 0 bridgehead atoms. The SMILES string of the molecule is CCN1CCN(CCC(=O)Nc2ccc(OC)cc2OC)CC1.Cl. The maximum atomic E-state index is 12.2. The summed E-state index contributed by atoms with van der Waals surface area (Å²) in [4.78, 5) is 16.9. The molecule has 0 unspecified atom stereocenters. The van der Waals surface area contributed by atoms with Gasteiger partial charge in [-0.3, -0.25) is 4.79 Å². The molecular formula is C17H28ClN3O3. The Morgan fingerprint density at radius 3 is 2.38 bits per heavy atom. The number of amides is 1. The van der Waals surface area contributed by atoms with E-state index >= 15 is 0 Å². The van der Waals surface area contributed by atoms with Gasteiger partial charge >= 0.3 is 0 Å². The summed E-state index contributed by atoms with van der Waals surface area (Å²) in [6, 6.07) is 5.37. The largest absolute Gasteiger partial charge is 0.497 e. The Morgan fingerprint density at radius 2 is 1.79 bits per heavy atom. The molecule has 1 aromatic carbocycles. The van der Waals surface area contributed by atoms with Gasteiger partial charge in [-0.2, -0.15) is 0 Å². The van der Waals surface area contributed by atoms with Crippen LogP contribution in [0.2, 0.25) is 0 Å². The van der Waals surface area contributed by atoms with Crippen molar-refractivity contribution in [1.82, 2.24) is 9.80 Å². The Hall–Kier alpha value is -1.50. The fraction of sp³-hybridized carbons (Fsp3) is 0.588. The van der Waals surface area contributed by atoms with E-state index in [9.17, 15) is 4.79 Å². The Bertz CT molecular complexity index is 520. The van der Waals surface area contributed by atoms with E-state index < -0.39 is 0 Å². The Balaban J connectivity index is 0.00000288. The number of hydrogen-bond donors (Lipinski definition) is 1. The second-order valence-corrected chi connectivity index (χ2v) is 5.64. The number of halogens is 1. The third-order valence-electron chi connectivity index (χ3n) is 4.25. The number of piperazine rings is 1. The Labute approximate surface area is 150 Å². The minimum atomic E-state index is 0. The average molecular weight is 358 g/mol. The lowest BCUT2D eigenvalue weighted by molar-refractivity contribution is -0.116. The van der Waals surface area contributed by atoms with Crippen molar-refractivity contribution in [2.75, 3.05) is 58.8 Å². The van der Waals surface area contributed by atoms with Crippen LogP contribution in [0.25, 0.3) is 0 Å². The molecule has 6 nitrogen and oxygen atoms in total. The summed E-state index contributed by atoms with van der Waals surface area (Å²) in [6.07, 6.45) is 0.487. The zero-order valence-corrected chi connectivity index (χ0v) is 15.5. The first kappa shape index (κ1) is 20.5. The van der Waals surface area contributed by atoms with E-state index in [0.717, 1.165) is 39.3 Å². The highest BCUT2D eigenvalue weighted by molar-refractivity contribution is 5.92. The third-order valence-corrected chi connectivity index (χ3v) is 4.25. The highest BCUT2D eigenvalue weighted by atomic mass is 35.5. The van der Waals surface area contributed by atoms with Crippen LogP contribution >= 0.6 is 12.4 Å². The first-order valence-electron chi connectivity index (χ1n) is 8.12. The van der Waals surface area contributed by atoms with Crippen molar-refractivity contribution in [3.05, 3.63) is 18.2 Å². The molecule has 2 rings (SSSR count). The fourth-order valence-electron chi connectivity index (χ4n) is 2.70. The predicted molar refractivity (Wildman–Crippen MR) is 98.6 cm³/mol. The number of benzene rings is 1. The summed E-state index contributed by atoms with van der Waals surface area (Å²) < 4.78 is 10.5. The van der Waals surface area contributed by atoms with Gasteiger partial charge in [-0.15, -0.1) is 12.4 Å². The predicted octanol–water partition coefficient (Wildman–Crippen LogP) is 2.09. The molecule has 1 aliphatic heterocycles. The molecule has 0 radical (unpaired) electrons.